The van der Waals surface area contributed by atoms with Crippen LogP contribution in [0.3, 0.4) is 0 Å². The molecule has 0 atom stereocenters. The van der Waals surface area contributed by atoms with E-state index in [0.717, 1.165) is 6.07 Å². The van der Waals surface area contributed by atoms with Gasteiger partial charge in [-0.05, 0) is 51.1 Å². The fourth-order valence-electron chi connectivity index (χ4n) is 2.40. The monoisotopic (exact) mass is 420 g/mol. The van der Waals surface area contributed by atoms with E-state index in [1.54, 1.807) is 51.1 Å². The Labute approximate surface area is 170 Å². The maximum Gasteiger partial charge on any atom is 0.338 e. The molecule has 2 N–H and O–H groups in total. The standard InChI is InChI=1S/C20H24N2O6S/c1-20(2,3)22-29(25,26)17-12-14(10-11-16(17)27-4)19(24)28-13-18(23)21-15-8-6-5-7-9-15/h5-12,22H,13H2,1-4H3,(H,21,23). The molecule has 9 heteroatoms. The Hall–Kier alpha value is -2.91. The number of rotatable bonds is 7. The largest absolute Gasteiger partial charge is 0.495 e. The number of amides is 1. The first-order valence-corrected chi connectivity index (χ1v) is 10.2. The molecule has 0 aromatic heterocycles. The Morgan fingerprint density at radius 1 is 1.03 bits per heavy atom. The number of methoxy groups -OCH3 is 1. The van der Waals surface area contributed by atoms with Crippen molar-refractivity contribution in [1.82, 2.24) is 4.72 Å². The normalized spacial score (nSPS) is 11.6. The van der Waals surface area contributed by atoms with Gasteiger partial charge in [-0.15, -0.1) is 0 Å². The molecule has 1 amide bonds. The minimum Gasteiger partial charge on any atom is -0.495 e. The Bertz CT molecular complexity index is 982. The van der Waals surface area contributed by atoms with Crippen molar-refractivity contribution in [2.75, 3.05) is 19.0 Å². The first-order valence-electron chi connectivity index (χ1n) is 8.76. The number of nitrogens with one attached hydrogen (secondary N) is 2. The second kappa shape index (κ2) is 9.06. The highest BCUT2D eigenvalue weighted by atomic mass is 32.2. The zero-order valence-corrected chi connectivity index (χ0v) is 17.5. The van der Waals surface area contributed by atoms with Crippen molar-refractivity contribution in [2.45, 2.75) is 31.2 Å². The lowest BCUT2D eigenvalue weighted by Crippen LogP contribution is -2.40. The highest BCUT2D eigenvalue weighted by Crippen LogP contribution is 2.26. The van der Waals surface area contributed by atoms with Crippen molar-refractivity contribution in [2.24, 2.45) is 0 Å². The van der Waals surface area contributed by atoms with Gasteiger partial charge in [0.05, 0.1) is 12.7 Å². The minimum atomic E-state index is -3.95. The van der Waals surface area contributed by atoms with Crippen LogP contribution in [0.25, 0.3) is 0 Å². The molecule has 156 valence electrons. The summed E-state index contributed by atoms with van der Waals surface area (Å²) in [5.74, 6) is -1.26. The van der Waals surface area contributed by atoms with Crippen LogP contribution in [-0.2, 0) is 19.6 Å². The summed E-state index contributed by atoms with van der Waals surface area (Å²) < 4.78 is 37.9. The molecule has 0 aliphatic rings. The summed E-state index contributed by atoms with van der Waals surface area (Å²) in [5, 5.41) is 2.59. The van der Waals surface area contributed by atoms with E-state index >= 15 is 0 Å². The molecule has 2 rings (SSSR count). The van der Waals surface area contributed by atoms with Gasteiger partial charge < -0.3 is 14.8 Å². The van der Waals surface area contributed by atoms with Gasteiger partial charge in [-0.25, -0.2) is 17.9 Å². The smallest absolute Gasteiger partial charge is 0.338 e. The summed E-state index contributed by atoms with van der Waals surface area (Å²) in [7, 11) is -2.62. The summed E-state index contributed by atoms with van der Waals surface area (Å²) in [6.45, 7) is 4.57. The molecule has 0 saturated heterocycles. The molecule has 2 aromatic rings. The molecule has 0 aliphatic carbocycles. The number of sulfonamides is 1. The number of hydrogen-bond acceptors (Lipinski definition) is 6. The van der Waals surface area contributed by atoms with E-state index in [0.29, 0.717) is 5.69 Å². The highest BCUT2D eigenvalue weighted by molar-refractivity contribution is 7.89. The maximum atomic E-state index is 12.7. The van der Waals surface area contributed by atoms with Crippen LogP contribution in [0.1, 0.15) is 31.1 Å². The van der Waals surface area contributed by atoms with Crippen LogP contribution >= 0.6 is 0 Å². The lowest BCUT2D eigenvalue weighted by molar-refractivity contribution is -0.119. The first-order chi connectivity index (χ1) is 13.5. The van der Waals surface area contributed by atoms with E-state index < -0.39 is 34.0 Å². The lowest BCUT2D eigenvalue weighted by Gasteiger charge is -2.21. The summed E-state index contributed by atoms with van der Waals surface area (Å²) >= 11 is 0. The fourth-order valence-corrected chi connectivity index (χ4v) is 4.02. The molecule has 0 radical (unpaired) electrons. The Morgan fingerprint density at radius 2 is 1.69 bits per heavy atom. The number of hydrogen-bond donors (Lipinski definition) is 2. The topological polar surface area (TPSA) is 111 Å². The van der Waals surface area contributed by atoms with Crippen LogP contribution in [0.2, 0.25) is 0 Å². The zero-order valence-electron chi connectivity index (χ0n) is 16.7. The molecule has 0 heterocycles. The molecule has 2 aromatic carbocycles. The number of anilines is 1. The van der Waals surface area contributed by atoms with Crippen molar-refractivity contribution in [3.63, 3.8) is 0 Å². The fraction of sp³-hybridized carbons (Fsp3) is 0.300. The predicted molar refractivity (Wildman–Crippen MR) is 108 cm³/mol. The van der Waals surface area contributed by atoms with Crippen LogP contribution in [0.4, 0.5) is 5.69 Å². The molecule has 0 bridgehead atoms. The molecule has 0 unspecified atom stereocenters. The summed E-state index contributed by atoms with van der Waals surface area (Å²) in [4.78, 5) is 24.0. The number of carbonyl (C=O) groups excluding carboxylic acids is 2. The van der Waals surface area contributed by atoms with Gasteiger partial charge in [0, 0.05) is 11.2 Å². The molecule has 0 fully saturated rings. The van der Waals surface area contributed by atoms with Crippen LogP contribution in [-0.4, -0.2) is 39.5 Å². The second-order valence-electron chi connectivity index (χ2n) is 7.21. The zero-order chi connectivity index (χ0) is 21.7. The van der Waals surface area contributed by atoms with Gasteiger partial charge in [0.1, 0.15) is 10.6 Å². The van der Waals surface area contributed by atoms with Crippen molar-refractivity contribution >= 4 is 27.6 Å². The van der Waals surface area contributed by atoms with Gasteiger partial charge in [-0.1, -0.05) is 18.2 Å². The number of esters is 1. The Morgan fingerprint density at radius 3 is 2.28 bits per heavy atom. The molecular formula is C20H24N2O6S. The number of ether oxygens (including phenoxy) is 2. The molecular weight excluding hydrogens is 396 g/mol. The predicted octanol–water partition coefficient (Wildman–Crippen LogP) is 2.57. The summed E-state index contributed by atoms with van der Waals surface area (Å²) in [6.07, 6.45) is 0. The number of carbonyl (C=O) groups is 2. The van der Waals surface area contributed by atoms with Crippen LogP contribution in [0.15, 0.2) is 53.4 Å². The average Bonchev–Trinajstić information content (AvgIpc) is 2.64. The van der Waals surface area contributed by atoms with Crippen LogP contribution in [0, 0.1) is 0 Å². The third-order valence-electron chi connectivity index (χ3n) is 3.52. The third-order valence-corrected chi connectivity index (χ3v) is 5.30. The van der Waals surface area contributed by atoms with Gasteiger partial charge in [-0.3, -0.25) is 4.79 Å². The molecule has 29 heavy (non-hydrogen) atoms. The lowest BCUT2D eigenvalue weighted by atomic mass is 10.1. The molecule has 8 nitrogen and oxygen atoms in total. The second-order valence-corrected chi connectivity index (χ2v) is 8.86. The van der Waals surface area contributed by atoms with Crippen LogP contribution in [0.5, 0.6) is 5.75 Å². The maximum absolute atomic E-state index is 12.7. The SMILES string of the molecule is COc1ccc(C(=O)OCC(=O)Nc2ccccc2)cc1S(=O)(=O)NC(C)(C)C. The van der Waals surface area contributed by atoms with Gasteiger partial charge in [0.25, 0.3) is 5.91 Å². The van der Waals surface area contributed by atoms with Crippen molar-refractivity contribution in [3.8, 4) is 5.75 Å². The van der Waals surface area contributed by atoms with Crippen molar-refractivity contribution in [1.29, 1.82) is 0 Å². The highest BCUT2D eigenvalue weighted by Gasteiger charge is 2.26. The van der Waals surface area contributed by atoms with E-state index in [1.165, 1.54) is 19.2 Å². The van der Waals surface area contributed by atoms with Gasteiger partial charge in [0.2, 0.25) is 10.0 Å². The van der Waals surface area contributed by atoms with E-state index in [-0.39, 0.29) is 16.2 Å². The first kappa shape index (κ1) is 22.4. The Balaban J connectivity index is 2.14. The number of para-hydroxylation sites is 1. The van der Waals surface area contributed by atoms with E-state index in [1.807, 2.05) is 0 Å². The minimum absolute atomic E-state index is 0.0207. The molecule has 0 spiro atoms. The van der Waals surface area contributed by atoms with Gasteiger partial charge in [-0.2, -0.15) is 0 Å². The quantitative estimate of drug-likeness (QED) is 0.666. The van der Waals surface area contributed by atoms with Crippen molar-refractivity contribution in [3.05, 3.63) is 54.1 Å². The Kier molecular flexibility index (Phi) is 6.99. The van der Waals surface area contributed by atoms with Gasteiger partial charge >= 0.3 is 5.97 Å². The van der Waals surface area contributed by atoms with E-state index in [2.05, 4.69) is 10.0 Å². The van der Waals surface area contributed by atoms with E-state index in [9.17, 15) is 18.0 Å². The number of benzene rings is 2. The van der Waals surface area contributed by atoms with E-state index in [4.69, 9.17) is 9.47 Å². The average molecular weight is 420 g/mol. The van der Waals surface area contributed by atoms with Gasteiger partial charge in [0.15, 0.2) is 6.61 Å². The molecule has 0 aliphatic heterocycles. The summed E-state index contributed by atoms with van der Waals surface area (Å²) in [6, 6.07) is 12.6. The summed E-state index contributed by atoms with van der Waals surface area (Å²) in [5.41, 5.74) is -0.178. The molecule has 0 saturated carbocycles. The van der Waals surface area contributed by atoms with Crippen LogP contribution < -0.4 is 14.8 Å². The van der Waals surface area contributed by atoms with Crippen molar-refractivity contribution < 1.29 is 27.5 Å². The third kappa shape index (κ3) is 6.58.